The lowest BCUT2D eigenvalue weighted by Crippen LogP contribution is -2.20. The Morgan fingerprint density at radius 3 is 2.57 bits per heavy atom. The van der Waals surface area contributed by atoms with Crippen LogP contribution in [0.4, 0.5) is 29.5 Å². The maximum atomic E-state index is 12.6. The Kier molecular flexibility index (Phi) is 4.46. The molecule has 0 aliphatic rings. The fourth-order valence-corrected chi connectivity index (χ4v) is 1.87. The van der Waals surface area contributed by atoms with E-state index in [1.807, 2.05) is 0 Å². The van der Waals surface area contributed by atoms with Crippen LogP contribution in [-0.2, 0) is 6.18 Å². The summed E-state index contributed by atoms with van der Waals surface area (Å²) in [5.74, 6) is 0.266. The summed E-state index contributed by atoms with van der Waals surface area (Å²) in [6.07, 6.45) is -2.98. The van der Waals surface area contributed by atoms with Gasteiger partial charge in [0.15, 0.2) is 0 Å². The van der Waals surface area contributed by atoms with E-state index in [0.717, 1.165) is 12.1 Å². The summed E-state index contributed by atoms with van der Waals surface area (Å²) in [4.78, 5) is 15.6. The molecular weight excluding hydrogens is 351 g/mol. The van der Waals surface area contributed by atoms with Gasteiger partial charge in [0.2, 0.25) is 0 Å². The number of pyridine rings is 1. The molecule has 2 N–H and O–H groups in total. The Hall–Kier alpha value is -2.09. The number of carbonyl (C=O) groups is 1. The number of hydrogen-bond donors (Lipinski definition) is 2. The van der Waals surface area contributed by atoms with Gasteiger partial charge in [-0.05, 0) is 46.3 Å². The van der Waals surface area contributed by atoms with E-state index in [-0.39, 0.29) is 11.5 Å². The van der Waals surface area contributed by atoms with Crippen LogP contribution in [-0.4, -0.2) is 11.0 Å². The molecule has 2 rings (SSSR count). The molecule has 8 heteroatoms. The first-order valence-electron chi connectivity index (χ1n) is 5.72. The van der Waals surface area contributed by atoms with Crippen LogP contribution in [0, 0.1) is 0 Å². The molecule has 4 nitrogen and oxygen atoms in total. The van der Waals surface area contributed by atoms with E-state index in [4.69, 9.17) is 0 Å². The van der Waals surface area contributed by atoms with E-state index in [9.17, 15) is 18.0 Å². The molecule has 0 saturated carbocycles. The van der Waals surface area contributed by atoms with Gasteiger partial charge in [-0.15, -0.1) is 0 Å². The highest BCUT2D eigenvalue weighted by Crippen LogP contribution is 2.30. The normalized spacial score (nSPS) is 11.0. The first kappa shape index (κ1) is 15.3. The number of nitrogens with zero attached hydrogens (tertiary/aromatic N) is 1. The molecule has 21 heavy (non-hydrogen) atoms. The minimum Gasteiger partial charge on any atom is -0.308 e. The van der Waals surface area contributed by atoms with Crippen molar-refractivity contribution >= 4 is 33.5 Å². The van der Waals surface area contributed by atoms with E-state index >= 15 is 0 Å². The zero-order chi connectivity index (χ0) is 15.5. The molecule has 1 aromatic heterocycles. The topological polar surface area (TPSA) is 54.0 Å². The molecule has 0 saturated heterocycles. The van der Waals surface area contributed by atoms with Crippen LogP contribution >= 0.6 is 15.9 Å². The minimum atomic E-state index is -4.46. The summed E-state index contributed by atoms with van der Waals surface area (Å²) >= 11 is 3.19. The molecule has 110 valence electrons. The second-order valence-electron chi connectivity index (χ2n) is 3.99. The maximum absolute atomic E-state index is 12.6. The van der Waals surface area contributed by atoms with Crippen molar-refractivity contribution in [3.05, 3.63) is 52.6 Å². The molecule has 0 unspecified atom stereocenters. The average Bonchev–Trinajstić information content (AvgIpc) is 2.41. The number of aromatic nitrogens is 1. The largest absolute Gasteiger partial charge is 0.416 e. The molecule has 0 bridgehead atoms. The van der Waals surface area contributed by atoms with Gasteiger partial charge in [0.25, 0.3) is 0 Å². The van der Waals surface area contributed by atoms with Crippen molar-refractivity contribution in [2.24, 2.45) is 0 Å². The van der Waals surface area contributed by atoms with Crippen LogP contribution in [0.25, 0.3) is 0 Å². The second-order valence-corrected chi connectivity index (χ2v) is 4.85. The smallest absolute Gasteiger partial charge is 0.308 e. The van der Waals surface area contributed by atoms with Crippen LogP contribution in [0.5, 0.6) is 0 Å². The highest BCUT2D eigenvalue weighted by Gasteiger charge is 2.30. The molecule has 0 atom stereocenters. The van der Waals surface area contributed by atoms with Crippen LogP contribution in [0.3, 0.4) is 0 Å². The summed E-state index contributed by atoms with van der Waals surface area (Å²) < 4.78 is 38.2. The van der Waals surface area contributed by atoms with E-state index in [0.29, 0.717) is 4.47 Å². The molecule has 0 spiro atoms. The summed E-state index contributed by atoms with van der Waals surface area (Å²) in [5, 5.41) is 4.75. The monoisotopic (exact) mass is 359 g/mol. The van der Waals surface area contributed by atoms with Gasteiger partial charge in [-0.1, -0.05) is 6.07 Å². The van der Waals surface area contributed by atoms with Crippen molar-refractivity contribution in [2.75, 3.05) is 10.6 Å². The number of nitrogens with one attached hydrogen (secondary N) is 2. The first-order valence-corrected chi connectivity index (χ1v) is 6.51. The van der Waals surface area contributed by atoms with Gasteiger partial charge in [-0.3, -0.25) is 5.32 Å². The lowest BCUT2D eigenvalue weighted by molar-refractivity contribution is -0.137. The summed E-state index contributed by atoms with van der Waals surface area (Å²) in [6.45, 7) is 0. The predicted molar refractivity (Wildman–Crippen MR) is 76.0 cm³/mol. The second kappa shape index (κ2) is 6.13. The Morgan fingerprint density at radius 2 is 1.90 bits per heavy atom. The molecule has 2 amide bonds. The summed E-state index contributed by atoms with van der Waals surface area (Å²) in [7, 11) is 0. The standard InChI is InChI=1S/C13H9BrF3N3O/c14-10-5-2-6-18-11(10)20-12(21)19-9-4-1-3-8(7-9)13(15,16)17/h1-7H,(H2,18,19,20,21). The number of halogens is 4. The van der Waals surface area contributed by atoms with Gasteiger partial charge in [-0.25, -0.2) is 9.78 Å². The van der Waals surface area contributed by atoms with Crippen molar-refractivity contribution in [1.29, 1.82) is 0 Å². The summed E-state index contributed by atoms with van der Waals surface area (Å²) in [6, 6.07) is 7.02. The number of rotatable bonds is 2. The third-order valence-electron chi connectivity index (χ3n) is 2.44. The van der Waals surface area contributed by atoms with Gasteiger partial charge in [0.1, 0.15) is 5.82 Å². The molecule has 0 fully saturated rings. The number of hydrogen-bond acceptors (Lipinski definition) is 2. The van der Waals surface area contributed by atoms with Crippen molar-refractivity contribution in [3.8, 4) is 0 Å². The van der Waals surface area contributed by atoms with Gasteiger partial charge in [0.05, 0.1) is 10.0 Å². The minimum absolute atomic E-state index is 0.0365. The molecular formula is C13H9BrF3N3O. The third kappa shape index (κ3) is 4.19. The predicted octanol–water partition coefficient (Wildman–Crippen LogP) is 4.51. The van der Waals surface area contributed by atoms with E-state index in [1.54, 1.807) is 12.1 Å². The van der Waals surface area contributed by atoms with E-state index in [2.05, 4.69) is 31.5 Å². The highest BCUT2D eigenvalue weighted by atomic mass is 79.9. The van der Waals surface area contributed by atoms with Crippen molar-refractivity contribution in [2.45, 2.75) is 6.18 Å². The van der Waals surface area contributed by atoms with E-state index < -0.39 is 17.8 Å². The quantitative estimate of drug-likeness (QED) is 0.828. The van der Waals surface area contributed by atoms with Gasteiger partial charge in [0, 0.05) is 11.9 Å². The number of alkyl halides is 3. The molecule has 0 aliphatic heterocycles. The average molecular weight is 360 g/mol. The van der Waals surface area contributed by atoms with Crippen LogP contribution in [0.15, 0.2) is 47.1 Å². The SMILES string of the molecule is O=C(Nc1cccc(C(F)(F)F)c1)Nc1ncccc1Br. The number of amides is 2. The number of carbonyl (C=O) groups excluding carboxylic acids is 1. The third-order valence-corrected chi connectivity index (χ3v) is 3.08. The van der Waals surface area contributed by atoms with Crippen LogP contribution < -0.4 is 10.6 Å². The molecule has 2 aromatic rings. The van der Waals surface area contributed by atoms with E-state index in [1.165, 1.54) is 18.3 Å². The number of benzene rings is 1. The Labute approximate surface area is 126 Å². The first-order chi connectivity index (χ1) is 9.86. The van der Waals surface area contributed by atoms with Crippen LogP contribution in [0.2, 0.25) is 0 Å². The highest BCUT2D eigenvalue weighted by molar-refractivity contribution is 9.10. The fraction of sp³-hybridized carbons (Fsp3) is 0.0769. The van der Waals surface area contributed by atoms with Crippen molar-refractivity contribution in [3.63, 3.8) is 0 Å². The van der Waals surface area contributed by atoms with Crippen LogP contribution in [0.1, 0.15) is 5.56 Å². The maximum Gasteiger partial charge on any atom is 0.416 e. The summed E-state index contributed by atoms with van der Waals surface area (Å²) in [5.41, 5.74) is -0.798. The molecule has 1 aromatic carbocycles. The zero-order valence-electron chi connectivity index (χ0n) is 10.4. The molecule has 0 radical (unpaired) electrons. The van der Waals surface area contributed by atoms with Gasteiger partial charge >= 0.3 is 12.2 Å². The number of anilines is 2. The molecule has 0 aliphatic carbocycles. The van der Waals surface area contributed by atoms with Gasteiger partial charge < -0.3 is 5.32 Å². The Bertz CT molecular complexity index is 661. The molecule has 1 heterocycles. The fourth-order valence-electron chi connectivity index (χ4n) is 1.52. The Morgan fingerprint density at radius 1 is 1.14 bits per heavy atom. The lowest BCUT2D eigenvalue weighted by Gasteiger charge is -2.11. The lowest BCUT2D eigenvalue weighted by atomic mass is 10.2. The van der Waals surface area contributed by atoms with Crippen molar-refractivity contribution in [1.82, 2.24) is 4.98 Å². The zero-order valence-corrected chi connectivity index (χ0v) is 12.0. The van der Waals surface area contributed by atoms with Gasteiger partial charge in [-0.2, -0.15) is 13.2 Å². The Balaban J connectivity index is 2.08. The van der Waals surface area contributed by atoms with Crippen molar-refractivity contribution < 1.29 is 18.0 Å². The number of urea groups is 1.